The summed E-state index contributed by atoms with van der Waals surface area (Å²) in [7, 11) is 3.83. The number of methoxy groups -OCH3 is 1. The summed E-state index contributed by atoms with van der Waals surface area (Å²) >= 11 is 5.70. The highest BCUT2D eigenvalue weighted by Crippen LogP contribution is 2.26. The molecule has 4 nitrogen and oxygen atoms in total. The minimum atomic E-state index is 0.267. The molecule has 1 aliphatic rings. The van der Waals surface area contributed by atoms with Gasteiger partial charge in [-0.25, -0.2) is 0 Å². The molecule has 24 heavy (non-hydrogen) atoms. The monoisotopic (exact) mass is 341 g/mol. The molecule has 1 heterocycles. The minimum Gasteiger partial charge on any atom is -0.497 e. The molecule has 1 atom stereocenters. The Labute approximate surface area is 149 Å². The van der Waals surface area contributed by atoms with Gasteiger partial charge in [0.05, 0.1) is 13.2 Å². The number of benzene rings is 2. The first-order valence-corrected chi connectivity index (χ1v) is 8.53. The van der Waals surface area contributed by atoms with E-state index in [0.29, 0.717) is 0 Å². The summed E-state index contributed by atoms with van der Waals surface area (Å²) in [5, 5.41) is 4.13. The van der Waals surface area contributed by atoms with Gasteiger partial charge in [-0.15, -0.1) is 0 Å². The topological polar surface area (TPSA) is 27.7 Å². The van der Waals surface area contributed by atoms with Crippen molar-refractivity contribution in [3.8, 4) is 5.75 Å². The number of nitrogens with zero attached hydrogens (tertiary/aromatic N) is 2. The average molecular weight is 341 g/mol. The molecule has 1 fully saturated rings. The molecule has 0 aromatic heterocycles. The standard InChI is InChI=1S/C19H23N3OS/c1-21-12-13-22(18(14-21)15-6-4-3-5-7-15)19(24)20-16-8-10-17(23-2)11-9-16/h3-11,18H,12-14H2,1-2H3,(H,20,24)/t18-/m0/s1. The zero-order valence-corrected chi connectivity index (χ0v) is 14.9. The Balaban J connectivity index is 1.75. The third kappa shape index (κ3) is 3.86. The minimum absolute atomic E-state index is 0.267. The van der Waals surface area contributed by atoms with Crippen molar-refractivity contribution in [2.75, 3.05) is 39.1 Å². The highest BCUT2D eigenvalue weighted by molar-refractivity contribution is 7.80. The fraction of sp³-hybridized carbons (Fsp3) is 0.316. The van der Waals surface area contributed by atoms with Gasteiger partial charge in [0, 0.05) is 25.3 Å². The lowest BCUT2D eigenvalue weighted by atomic mass is 10.0. The zero-order chi connectivity index (χ0) is 16.9. The number of hydrogen-bond acceptors (Lipinski definition) is 3. The van der Waals surface area contributed by atoms with Gasteiger partial charge in [-0.05, 0) is 49.1 Å². The second-order valence-electron chi connectivity index (χ2n) is 6.04. The normalized spacial score (nSPS) is 18.2. The summed E-state index contributed by atoms with van der Waals surface area (Å²) in [5.74, 6) is 0.841. The van der Waals surface area contributed by atoms with Gasteiger partial charge in [0.15, 0.2) is 5.11 Å². The van der Waals surface area contributed by atoms with Crippen molar-refractivity contribution in [3.05, 3.63) is 60.2 Å². The predicted octanol–water partition coefficient (Wildman–Crippen LogP) is 3.38. The summed E-state index contributed by atoms with van der Waals surface area (Å²) in [4.78, 5) is 4.64. The molecule has 1 N–H and O–H groups in total. The van der Waals surface area contributed by atoms with E-state index in [9.17, 15) is 0 Å². The average Bonchev–Trinajstić information content (AvgIpc) is 2.63. The lowest BCUT2D eigenvalue weighted by Crippen LogP contribution is -2.50. The predicted molar refractivity (Wildman–Crippen MR) is 103 cm³/mol. The molecule has 3 rings (SSSR count). The largest absolute Gasteiger partial charge is 0.497 e. The first-order valence-electron chi connectivity index (χ1n) is 8.12. The fourth-order valence-electron chi connectivity index (χ4n) is 2.99. The van der Waals surface area contributed by atoms with E-state index in [2.05, 4.69) is 46.4 Å². The lowest BCUT2D eigenvalue weighted by molar-refractivity contribution is 0.153. The van der Waals surface area contributed by atoms with Gasteiger partial charge < -0.3 is 19.9 Å². The number of anilines is 1. The molecule has 1 aliphatic heterocycles. The lowest BCUT2D eigenvalue weighted by Gasteiger charge is -2.41. The molecule has 0 amide bonds. The van der Waals surface area contributed by atoms with Crippen LogP contribution >= 0.6 is 12.2 Å². The fourth-order valence-corrected chi connectivity index (χ4v) is 3.33. The maximum absolute atomic E-state index is 5.70. The van der Waals surface area contributed by atoms with Crippen LogP contribution in [0.3, 0.4) is 0 Å². The van der Waals surface area contributed by atoms with E-state index in [4.69, 9.17) is 17.0 Å². The third-order valence-electron chi connectivity index (χ3n) is 4.37. The summed E-state index contributed by atoms with van der Waals surface area (Å²) in [6.07, 6.45) is 0. The Bertz CT molecular complexity index is 675. The van der Waals surface area contributed by atoms with Crippen molar-refractivity contribution in [1.82, 2.24) is 9.80 Å². The number of piperazine rings is 1. The molecular formula is C19H23N3OS. The molecule has 2 aromatic rings. The Kier molecular flexibility index (Phi) is 5.33. The number of nitrogens with one attached hydrogen (secondary N) is 1. The molecule has 126 valence electrons. The van der Waals surface area contributed by atoms with Gasteiger partial charge >= 0.3 is 0 Å². The highest BCUT2D eigenvalue weighted by Gasteiger charge is 2.28. The second kappa shape index (κ2) is 7.64. The maximum atomic E-state index is 5.70. The molecule has 0 radical (unpaired) electrons. The molecule has 0 bridgehead atoms. The van der Waals surface area contributed by atoms with Crippen LogP contribution in [0.4, 0.5) is 5.69 Å². The van der Waals surface area contributed by atoms with Gasteiger partial charge in [0.2, 0.25) is 0 Å². The van der Waals surface area contributed by atoms with Crippen LogP contribution in [0, 0.1) is 0 Å². The smallest absolute Gasteiger partial charge is 0.174 e. The van der Waals surface area contributed by atoms with Crippen molar-refractivity contribution in [3.63, 3.8) is 0 Å². The van der Waals surface area contributed by atoms with E-state index in [1.807, 2.05) is 30.3 Å². The SMILES string of the molecule is COc1ccc(NC(=S)N2CCN(C)C[C@H]2c2ccccc2)cc1. The number of hydrogen-bond donors (Lipinski definition) is 1. The van der Waals surface area contributed by atoms with E-state index in [-0.39, 0.29) is 6.04 Å². The van der Waals surface area contributed by atoms with Crippen LogP contribution in [0.25, 0.3) is 0 Å². The van der Waals surface area contributed by atoms with Gasteiger partial charge in [-0.1, -0.05) is 30.3 Å². The molecule has 0 spiro atoms. The van der Waals surface area contributed by atoms with Crippen LogP contribution in [0.5, 0.6) is 5.75 Å². The van der Waals surface area contributed by atoms with Crippen molar-refractivity contribution < 1.29 is 4.74 Å². The van der Waals surface area contributed by atoms with E-state index >= 15 is 0 Å². The van der Waals surface area contributed by atoms with Gasteiger partial charge in [-0.2, -0.15) is 0 Å². The van der Waals surface area contributed by atoms with Crippen LogP contribution in [-0.4, -0.2) is 48.7 Å². The van der Waals surface area contributed by atoms with Crippen LogP contribution in [0.2, 0.25) is 0 Å². The van der Waals surface area contributed by atoms with Crippen molar-refractivity contribution in [2.24, 2.45) is 0 Å². The number of thiocarbonyl (C=S) groups is 1. The zero-order valence-electron chi connectivity index (χ0n) is 14.1. The Morgan fingerprint density at radius 3 is 2.46 bits per heavy atom. The maximum Gasteiger partial charge on any atom is 0.174 e. The van der Waals surface area contributed by atoms with Crippen molar-refractivity contribution in [1.29, 1.82) is 0 Å². The highest BCUT2D eigenvalue weighted by atomic mass is 32.1. The molecule has 0 unspecified atom stereocenters. The molecular weight excluding hydrogens is 318 g/mol. The van der Waals surface area contributed by atoms with E-state index in [0.717, 1.165) is 36.2 Å². The summed E-state index contributed by atoms with van der Waals surface area (Å²) in [6, 6.07) is 18.7. The quantitative estimate of drug-likeness (QED) is 0.864. The van der Waals surface area contributed by atoms with E-state index in [1.165, 1.54) is 5.56 Å². The number of ether oxygens (including phenoxy) is 1. The Morgan fingerprint density at radius 2 is 1.79 bits per heavy atom. The summed E-state index contributed by atoms with van der Waals surface area (Å²) in [6.45, 7) is 2.89. The van der Waals surface area contributed by atoms with Gasteiger partial charge in [0.1, 0.15) is 5.75 Å². The van der Waals surface area contributed by atoms with Crippen molar-refractivity contribution in [2.45, 2.75) is 6.04 Å². The molecule has 0 aliphatic carbocycles. The van der Waals surface area contributed by atoms with Crippen molar-refractivity contribution >= 4 is 23.0 Å². The number of rotatable bonds is 3. The van der Waals surface area contributed by atoms with Crippen LogP contribution in [0.1, 0.15) is 11.6 Å². The summed E-state index contributed by atoms with van der Waals surface area (Å²) in [5.41, 5.74) is 2.27. The van der Waals surface area contributed by atoms with E-state index < -0.39 is 0 Å². The van der Waals surface area contributed by atoms with Gasteiger partial charge in [0.25, 0.3) is 0 Å². The third-order valence-corrected chi connectivity index (χ3v) is 4.71. The molecule has 0 saturated carbocycles. The number of likely N-dealkylation sites (N-methyl/N-ethyl adjacent to an activating group) is 1. The molecule has 2 aromatic carbocycles. The summed E-state index contributed by atoms with van der Waals surface area (Å²) < 4.78 is 5.20. The molecule has 5 heteroatoms. The molecule has 1 saturated heterocycles. The van der Waals surface area contributed by atoms with Gasteiger partial charge in [-0.3, -0.25) is 0 Å². The van der Waals surface area contributed by atoms with Crippen LogP contribution in [0.15, 0.2) is 54.6 Å². The Morgan fingerprint density at radius 1 is 1.08 bits per heavy atom. The van der Waals surface area contributed by atoms with Crippen LogP contribution in [-0.2, 0) is 0 Å². The second-order valence-corrected chi connectivity index (χ2v) is 6.43. The van der Waals surface area contributed by atoms with E-state index in [1.54, 1.807) is 7.11 Å². The first-order chi connectivity index (χ1) is 11.7. The van der Waals surface area contributed by atoms with Crippen LogP contribution < -0.4 is 10.1 Å². The Hall–Kier alpha value is -2.11. The first kappa shape index (κ1) is 16.7.